The third-order valence-corrected chi connectivity index (χ3v) is 7.77. The smallest absolute Gasteiger partial charge is 0.337 e. The zero-order chi connectivity index (χ0) is 26.5. The second kappa shape index (κ2) is 11.4. The van der Waals surface area contributed by atoms with Crippen LogP contribution in [0, 0.1) is 5.41 Å². The number of amidine groups is 1. The number of carbonyl (C=O) groups excluding carboxylic acids is 1. The maximum absolute atomic E-state index is 13.7. The number of rotatable bonds is 10. The molecule has 0 unspecified atom stereocenters. The zero-order valence-electron chi connectivity index (χ0n) is 20.6. The van der Waals surface area contributed by atoms with Gasteiger partial charge in [-0.05, 0) is 59.4 Å². The number of phenols is 1. The van der Waals surface area contributed by atoms with E-state index >= 15 is 0 Å². The van der Waals surface area contributed by atoms with Crippen molar-refractivity contribution >= 4 is 21.8 Å². The van der Waals surface area contributed by atoms with Crippen LogP contribution in [0.15, 0.2) is 71.6 Å². The van der Waals surface area contributed by atoms with Crippen molar-refractivity contribution in [3.63, 3.8) is 0 Å². The van der Waals surface area contributed by atoms with Gasteiger partial charge in [0.1, 0.15) is 16.5 Å². The van der Waals surface area contributed by atoms with E-state index in [1.165, 1.54) is 35.2 Å². The molecule has 0 aliphatic carbocycles. The van der Waals surface area contributed by atoms with Crippen molar-refractivity contribution in [1.82, 2.24) is 4.31 Å². The summed E-state index contributed by atoms with van der Waals surface area (Å²) in [5.74, 6) is -0.888. The van der Waals surface area contributed by atoms with Gasteiger partial charge in [0.2, 0.25) is 10.0 Å². The number of hydrogen-bond acceptors (Lipinski definition) is 6. The Hall–Kier alpha value is -3.69. The Bertz CT molecular complexity index is 1350. The molecule has 0 radical (unpaired) electrons. The molecule has 0 saturated carbocycles. The van der Waals surface area contributed by atoms with Crippen molar-refractivity contribution in [3.05, 3.63) is 94.5 Å². The summed E-state index contributed by atoms with van der Waals surface area (Å²) >= 11 is 0. The van der Waals surface area contributed by atoms with Gasteiger partial charge >= 0.3 is 5.97 Å². The lowest BCUT2D eigenvalue weighted by Gasteiger charge is -2.23. The summed E-state index contributed by atoms with van der Waals surface area (Å²) in [4.78, 5) is 11.6. The summed E-state index contributed by atoms with van der Waals surface area (Å²) < 4.78 is 33.5. The lowest BCUT2D eigenvalue weighted by atomic mass is 10.0. The molecule has 0 spiro atoms. The highest BCUT2D eigenvalue weighted by atomic mass is 32.2. The van der Waals surface area contributed by atoms with Crippen molar-refractivity contribution in [2.75, 3.05) is 13.7 Å². The number of ether oxygens (including phenoxy) is 1. The number of nitrogens with one attached hydrogen (secondary N) is 1. The maximum atomic E-state index is 13.7. The summed E-state index contributed by atoms with van der Waals surface area (Å²) in [6.45, 7) is 4.29. The van der Waals surface area contributed by atoms with E-state index in [4.69, 9.17) is 15.9 Å². The Labute approximate surface area is 211 Å². The Balaban J connectivity index is 1.98. The molecule has 190 valence electrons. The van der Waals surface area contributed by atoms with Gasteiger partial charge in [0.25, 0.3) is 0 Å². The number of phenolic OH excluding ortho intramolecular Hbond substituents is 1. The molecule has 0 atom stereocenters. The monoisotopic (exact) mass is 509 g/mol. The lowest BCUT2D eigenvalue weighted by Crippen LogP contribution is -2.33. The molecule has 0 aliphatic heterocycles. The molecule has 0 fully saturated rings. The Kier molecular flexibility index (Phi) is 8.49. The molecule has 8 nitrogen and oxygen atoms in total. The number of nitrogens with two attached hydrogens (primary N) is 1. The van der Waals surface area contributed by atoms with Crippen LogP contribution in [0.5, 0.6) is 5.75 Å². The number of carbonyl (C=O) groups is 1. The molecule has 0 amide bonds. The number of methoxy groups -OCH3 is 1. The van der Waals surface area contributed by atoms with Crippen LogP contribution in [0.3, 0.4) is 0 Å². The molecular formula is C27H31N3O5S. The Morgan fingerprint density at radius 2 is 1.72 bits per heavy atom. The minimum atomic E-state index is -4.20. The number of esters is 1. The third kappa shape index (κ3) is 6.30. The van der Waals surface area contributed by atoms with Crippen molar-refractivity contribution in [2.45, 2.75) is 37.6 Å². The normalized spacial score (nSPS) is 11.6. The standard InChI is InChI=1S/C27H31N3O5S/c1-18(2)21-9-7-19(8-10-21)13-14-30(17-20-5-4-6-23(15-20)27(32)35-3)36(33,34)25-16-22(26(28)29)11-12-24(25)31/h4-12,15-16,18,31H,13-14,17H2,1-3H3,(H3,28,29). The number of nitrogen functional groups attached to an aromatic ring is 1. The third-order valence-electron chi connectivity index (χ3n) is 5.89. The van der Waals surface area contributed by atoms with Gasteiger partial charge in [0.15, 0.2) is 0 Å². The largest absolute Gasteiger partial charge is 0.507 e. The van der Waals surface area contributed by atoms with Gasteiger partial charge in [-0.1, -0.05) is 50.2 Å². The molecule has 3 aromatic carbocycles. The summed E-state index contributed by atoms with van der Waals surface area (Å²) in [7, 11) is -2.92. The van der Waals surface area contributed by atoms with Gasteiger partial charge < -0.3 is 15.6 Å². The summed E-state index contributed by atoms with van der Waals surface area (Å²) in [5.41, 5.74) is 8.77. The predicted octanol–water partition coefficient (Wildman–Crippen LogP) is 4.02. The highest BCUT2D eigenvalue weighted by Crippen LogP contribution is 2.28. The van der Waals surface area contributed by atoms with Crippen LogP contribution >= 0.6 is 0 Å². The van der Waals surface area contributed by atoms with Crippen molar-refractivity contribution in [3.8, 4) is 5.75 Å². The van der Waals surface area contributed by atoms with E-state index in [1.54, 1.807) is 24.3 Å². The number of nitrogens with zero attached hydrogens (tertiary/aromatic N) is 1. The van der Waals surface area contributed by atoms with Crippen molar-refractivity contribution in [1.29, 1.82) is 5.41 Å². The first-order valence-electron chi connectivity index (χ1n) is 11.5. The minimum Gasteiger partial charge on any atom is -0.507 e. The first-order valence-corrected chi connectivity index (χ1v) is 12.9. The van der Waals surface area contributed by atoms with Crippen LogP contribution in [0.4, 0.5) is 0 Å². The zero-order valence-corrected chi connectivity index (χ0v) is 21.4. The fourth-order valence-electron chi connectivity index (χ4n) is 3.75. The van der Waals surface area contributed by atoms with Crippen LogP contribution in [0.2, 0.25) is 0 Å². The molecule has 0 saturated heterocycles. The number of benzene rings is 3. The van der Waals surface area contributed by atoms with Gasteiger partial charge in [0, 0.05) is 18.7 Å². The second-order valence-corrected chi connectivity index (χ2v) is 10.7. The van der Waals surface area contributed by atoms with Crippen LogP contribution in [0.25, 0.3) is 0 Å². The van der Waals surface area contributed by atoms with E-state index in [0.29, 0.717) is 23.5 Å². The minimum absolute atomic E-state index is 0.0407. The fourth-order valence-corrected chi connectivity index (χ4v) is 5.29. The van der Waals surface area contributed by atoms with Crippen molar-refractivity contribution in [2.24, 2.45) is 5.73 Å². The first-order chi connectivity index (χ1) is 17.0. The molecule has 3 rings (SSSR count). The molecule has 0 aromatic heterocycles. The van der Waals surface area contributed by atoms with E-state index in [2.05, 4.69) is 13.8 Å². The fraction of sp³-hybridized carbons (Fsp3) is 0.259. The lowest BCUT2D eigenvalue weighted by molar-refractivity contribution is 0.0600. The Morgan fingerprint density at radius 3 is 2.33 bits per heavy atom. The molecule has 4 N–H and O–H groups in total. The molecule has 3 aromatic rings. The van der Waals surface area contributed by atoms with E-state index in [-0.39, 0.29) is 29.4 Å². The molecule has 0 aliphatic rings. The maximum Gasteiger partial charge on any atom is 0.337 e. The van der Waals surface area contributed by atoms with E-state index in [0.717, 1.165) is 5.56 Å². The average Bonchev–Trinajstić information content (AvgIpc) is 2.86. The summed E-state index contributed by atoms with van der Waals surface area (Å²) in [6, 6.07) is 18.4. The first kappa shape index (κ1) is 26.9. The van der Waals surface area contributed by atoms with Gasteiger partial charge in [-0.25, -0.2) is 13.2 Å². The summed E-state index contributed by atoms with van der Waals surface area (Å²) in [5, 5.41) is 18.1. The average molecular weight is 510 g/mol. The Morgan fingerprint density at radius 1 is 1.03 bits per heavy atom. The molecule has 9 heteroatoms. The van der Waals surface area contributed by atoms with E-state index < -0.39 is 21.7 Å². The van der Waals surface area contributed by atoms with E-state index in [9.17, 15) is 18.3 Å². The van der Waals surface area contributed by atoms with Crippen LogP contribution in [0.1, 0.15) is 52.4 Å². The van der Waals surface area contributed by atoms with Crippen LogP contribution < -0.4 is 5.73 Å². The van der Waals surface area contributed by atoms with E-state index in [1.807, 2.05) is 24.3 Å². The van der Waals surface area contributed by atoms with Gasteiger partial charge in [-0.3, -0.25) is 5.41 Å². The van der Waals surface area contributed by atoms with Gasteiger partial charge in [-0.15, -0.1) is 0 Å². The van der Waals surface area contributed by atoms with Crippen LogP contribution in [-0.2, 0) is 27.7 Å². The predicted molar refractivity (Wildman–Crippen MR) is 139 cm³/mol. The van der Waals surface area contributed by atoms with Gasteiger partial charge in [-0.2, -0.15) is 4.31 Å². The molecule has 36 heavy (non-hydrogen) atoms. The quantitative estimate of drug-likeness (QED) is 0.215. The molecule has 0 heterocycles. The van der Waals surface area contributed by atoms with Crippen LogP contribution in [-0.4, -0.2) is 43.3 Å². The number of sulfonamides is 1. The van der Waals surface area contributed by atoms with Gasteiger partial charge in [0.05, 0.1) is 12.7 Å². The topological polar surface area (TPSA) is 134 Å². The number of hydrogen-bond donors (Lipinski definition) is 3. The highest BCUT2D eigenvalue weighted by Gasteiger charge is 2.28. The highest BCUT2D eigenvalue weighted by molar-refractivity contribution is 7.89. The SMILES string of the molecule is COC(=O)c1cccc(CN(CCc2ccc(C(C)C)cc2)S(=O)(=O)c2cc(C(=N)N)ccc2O)c1. The number of aromatic hydroxyl groups is 1. The molecule has 0 bridgehead atoms. The molecular weight excluding hydrogens is 478 g/mol. The van der Waals surface area contributed by atoms with Crippen molar-refractivity contribution < 1.29 is 23.1 Å². The second-order valence-electron chi connectivity index (χ2n) is 8.77. The summed E-state index contributed by atoms with van der Waals surface area (Å²) in [6.07, 6.45) is 0.432.